The van der Waals surface area contributed by atoms with Gasteiger partial charge in [0, 0.05) is 43.8 Å². The van der Waals surface area contributed by atoms with Crippen molar-refractivity contribution in [1.29, 1.82) is 0 Å². The Kier molecular flexibility index (Phi) is 5.64. The maximum atomic E-state index is 12.5. The SMILES string of the molecule is Cn1cc([C@H]2CNC[C@@H]2C(=O)NCCS(=O)(=O)c2ccc(Cl)cc2)cn1. The quantitative estimate of drug-likeness (QED) is 0.758. The molecule has 26 heavy (non-hydrogen) atoms. The van der Waals surface area contributed by atoms with E-state index in [1.165, 1.54) is 24.3 Å². The number of aromatic nitrogens is 2. The van der Waals surface area contributed by atoms with E-state index in [2.05, 4.69) is 15.7 Å². The molecule has 0 spiro atoms. The van der Waals surface area contributed by atoms with Gasteiger partial charge in [0.15, 0.2) is 9.84 Å². The molecule has 1 saturated heterocycles. The van der Waals surface area contributed by atoms with Crippen LogP contribution in [0.1, 0.15) is 11.5 Å². The molecule has 2 heterocycles. The zero-order valence-corrected chi connectivity index (χ0v) is 15.9. The molecule has 1 aromatic heterocycles. The van der Waals surface area contributed by atoms with Crippen molar-refractivity contribution in [2.75, 3.05) is 25.4 Å². The van der Waals surface area contributed by atoms with E-state index in [0.717, 1.165) is 5.56 Å². The van der Waals surface area contributed by atoms with Gasteiger partial charge in [-0.05, 0) is 29.8 Å². The molecule has 1 fully saturated rings. The zero-order chi connectivity index (χ0) is 18.7. The fourth-order valence-corrected chi connectivity index (χ4v) is 4.42. The summed E-state index contributed by atoms with van der Waals surface area (Å²) in [5.74, 6) is -0.498. The smallest absolute Gasteiger partial charge is 0.225 e. The van der Waals surface area contributed by atoms with Gasteiger partial charge in [0.2, 0.25) is 5.91 Å². The summed E-state index contributed by atoms with van der Waals surface area (Å²) >= 11 is 5.78. The maximum Gasteiger partial charge on any atom is 0.225 e. The van der Waals surface area contributed by atoms with E-state index < -0.39 is 9.84 Å². The standard InChI is InChI=1S/C17H21ClN4O3S/c1-22-11-12(8-21-22)15-9-19-10-16(15)17(23)20-6-7-26(24,25)14-4-2-13(18)3-5-14/h2-5,8,11,15-16,19H,6-7,9-10H2,1H3,(H,20,23)/t15-,16+/m1/s1. The fraction of sp³-hybridized carbons (Fsp3) is 0.412. The molecule has 7 nitrogen and oxygen atoms in total. The van der Waals surface area contributed by atoms with Crippen molar-refractivity contribution in [3.8, 4) is 0 Å². The first kappa shape index (κ1) is 18.9. The van der Waals surface area contributed by atoms with Gasteiger partial charge < -0.3 is 10.6 Å². The summed E-state index contributed by atoms with van der Waals surface area (Å²) in [6.45, 7) is 1.34. The highest BCUT2D eigenvalue weighted by Gasteiger charge is 2.34. The Hall–Kier alpha value is -1.90. The number of sulfone groups is 1. The summed E-state index contributed by atoms with van der Waals surface area (Å²) < 4.78 is 26.3. The number of halogens is 1. The molecule has 0 saturated carbocycles. The Morgan fingerprint density at radius 3 is 2.73 bits per heavy atom. The van der Waals surface area contributed by atoms with Gasteiger partial charge >= 0.3 is 0 Å². The molecule has 1 aliphatic rings. The lowest BCUT2D eigenvalue weighted by molar-refractivity contribution is -0.124. The minimum Gasteiger partial charge on any atom is -0.355 e. The molecule has 0 unspecified atom stereocenters. The van der Waals surface area contributed by atoms with Crippen LogP contribution in [0, 0.1) is 5.92 Å². The van der Waals surface area contributed by atoms with Crippen LogP contribution in [0.15, 0.2) is 41.6 Å². The van der Waals surface area contributed by atoms with Gasteiger partial charge in [-0.15, -0.1) is 0 Å². The van der Waals surface area contributed by atoms with Crippen LogP contribution in [0.25, 0.3) is 0 Å². The molecule has 0 bridgehead atoms. The lowest BCUT2D eigenvalue weighted by Gasteiger charge is -2.17. The van der Waals surface area contributed by atoms with Crippen molar-refractivity contribution < 1.29 is 13.2 Å². The lowest BCUT2D eigenvalue weighted by atomic mass is 9.90. The highest BCUT2D eigenvalue weighted by molar-refractivity contribution is 7.91. The molecular weight excluding hydrogens is 376 g/mol. The molecule has 1 aromatic carbocycles. The second kappa shape index (κ2) is 7.77. The Morgan fingerprint density at radius 2 is 2.08 bits per heavy atom. The van der Waals surface area contributed by atoms with Gasteiger partial charge in [-0.1, -0.05) is 11.6 Å². The van der Waals surface area contributed by atoms with Crippen molar-refractivity contribution in [2.24, 2.45) is 13.0 Å². The summed E-state index contributed by atoms with van der Waals surface area (Å²) in [4.78, 5) is 12.7. The number of nitrogens with one attached hydrogen (secondary N) is 2. The van der Waals surface area contributed by atoms with E-state index in [1.54, 1.807) is 10.9 Å². The summed E-state index contributed by atoms with van der Waals surface area (Å²) in [6.07, 6.45) is 3.67. The van der Waals surface area contributed by atoms with E-state index in [0.29, 0.717) is 18.1 Å². The van der Waals surface area contributed by atoms with E-state index in [1.807, 2.05) is 13.2 Å². The molecule has 9 heteroatoms. The predicted octanol–water partition coefficient (Wildman–Crippen LogP) is 0.967. The minimum absolute atomic E-state index is 0.0385. The molecule has 2 N–H and O–H groups in total. The molecule has 2 aromatic rings. The third kappa shape index (κ3) is 4.25. The molecular formula is C17H21ClN4O3S. The number of carbonyl (C=O) groups is 1. The number of aryl methyl sites for hydroxylation is 1. The topological polar surface area (TPSA) is 93.1 Å². The number of amides is 1. The fourth-order valence-electron chi connectivity index (χ4n) is 3.14. The average molecular weight is 397 g/mol. The highest BCUT2D eigenvalue weighted by atomic mass is 35.5. The zero-order valence-electron chi connectivity index (χ0n) is 14.4. The Bertz CT molecular complexity index is 880. The van der Waals surface area contributed by atoms with E-state index in [-0.39, 0.29) is 34.9 Å². The number of benzene rings is 1. The van der Waals surface area contributed by atoms with Gasteiger partial charge in [0.25, 0.3) is 0 Å². The number of rotatable bonds is 6. The molecule has 3 rings (SSSR count). The Morgan fingerprint density at radius 1 is 1.35 bits per heavy atom. The first-order valence-electron chi connectivity index (χ1n) is 8.32. The van der Waals surface area contributed by atoms with Crippen LogP contribution in [0.3, 0.4) is 0 Å². The molecule has 1 amide bonds. The number of hydrogen-bond acceptors (Lipinski definition) is 5. The van der Waals surface area contributed by atoms with E-state index in [4.69, 9.17) is 11.6 Å². The normalized spacial score (nSPS) is 20.2. The molecule has 2 atom stereocenters. The maximum absolute atomic E-state index is 12.5. The average Bonchev–Trinajstić information content (AvgIpc) is 3.23. The Labute approximate surface area is 157 Å². The van der Waals surface area contributed by atoms with Gasteiger partial charge in [-0.25, -0.2) is 8.42 Å². The van der Waals surface area contributed by atoms with Crippen LogP contribution < -0.4 is 10.6 Å². The van der Waals surface area contributed by atoms with Crippen molar-refractivity contribution in [1.82, 2.24) is 20.4 Å². The molecule has 140 valence electrons. The van der Waals surface area contributed by atoms with Crippen molar-refractivity contribution in [3.63, 3.8) is 0 Å². The van der Waals surface area contributed by atoms with E-state index >= 15 is 0 Å². The largest absolute Gasteiger partial charge is 0.355 e. The van der Waals surface area contributed by atoms with Crippen molar-refractivity contribution >= 4 is 27.3 Å². The summed E-state index contributed by atoms with van der Waals surface area (Å²) in [7, 11) is -1.63. The summed E-state index contributed by atoms with van der Waals surface area (Å²) in [6, 6.07) is 6.02. The lowest BCUT2D eigenvalue weighted by Crippen LogP contribution is -2.37. The Balaban J connectivity index is 1.57. The second-order valence-electron chi connectivity index (χ2n) is 6.38. The van der Waals surface area contributed by atoms with Gasteiger partial charge in [-0.2, -0.15) is 5.10 Å². The van der Waals surface area contributed by atoms with Crippen LogP contribution in [-0.2, 0) is 21.7 Å². The highest BCUT2D eigenvalue weighted by Crippen LogP contribution is 2.27. The first-order chi connectivity index (χ1) is 12.4. The second-order valence-corrected chi connectivity index (χ2v) is 8.93. The van der Waals surface area contributed by atoms with Crippen LogP contribution >= 0.6 is 11.6 Å². The van der Waals surface area contributed by atoms with Gasteiger partial charge in [0.1, 0.15) is 0 Å². The van der Waals surface area contributed by atoms with Crippen LogP contribution in [0.2, 0.25) is 5.02 Å². The molecule has 0 aliphatic carbocycles. The summed E-state index contributed by atoms with van der Waals surface area (Å²) in [5.41, 5.74) is 1.01. The van der Waals surface area contributed by atoms with Crippen molar-refractivity contribution in [2.45, 2.75) is 10.8 Å². The molecule has 1 aliphatic heterocycles. The molecule has 0 radical (unpaired) electrons. The van der Waals surface area contributed by atoms with Gasteiger partial charge in [-0.3, -0.25) is 9.48 Å². The predicted molar refractivity (Wildman–Crippen MR) is 98.8 cm³/mol. The minimum atomic E-state index is -3.46. The van der Waals surface area contributed by atoms with Crippen molar-refractivity contribution in [3.05, 3.63) is 47.2 Å². The summed E-state index contributed by atoms with van der Waals surface area (Å²) in [5, 5.41) is 10.6. The van der Waals surface area contributed by atoms with Crippen LogP contribution in [-0.4, -0.2) is 49.5 Å². The third-order valence-corrected chi connectivity index (χ3v) is 6.53. The van der Waals surface area contributed by atoms with Crippen LogP contribution in [0.4, 0.5) is 0 Å². The number of hydrogen-bond donors (Lipinski definition) is 2. The van der Waals surface area contributed by atoms with Gasteiger partial charge in [0.05, 0.1) is 22.8 Å². The monoisotopic (exact) mass is 396 g/mol. The van der Waals surface area contributed by atoms with E-state index in [9.17, 15) is 13.2 Å². The number of nitrogens with zero attached hydrogens (tertiary/aromatic N) is 2. The third-order valence-electron chi connectivity index (χ3n) is 4.55. The first-order valence-corrected chi connectivity index (χ1v) is 10.3. The van der Waals surface area contributed by atoms with Crippen LogP contribution in [0.5, 0.6) is 0 Å². The number of carbonyl (C=O) groups excluding carboxylic acids is 1.